The fraction of sp³-hybridized carbons (Fsp3) is 0.808. The summed E-state index contributed by atoms with van der Waals surface area (Å²) in [5, 5.41) is 3.03. The highest BCUT2D eigenvalue weighted by Gasteiger charge is 2.31. The zero-order valence-corrected chi connectivity index (χ0v) is 23.0. The second-order valence-corrected chi connectivity index (χ2v) is 19.3. The van der Waals surface area contributed by atoms with Crippen molar-refractivity contribution in [1.29, 1.82) is 0 Å². The first-order valence-electron chi connectivity index (χ1n) is 12.6. The van der Waals surface area contributed by atoms with Crippen molar-refractivity contribution in [3.8, 4) is 0 Å². The molecule has 0 bridgehead atoms. The molecule has 0 atom stereocenters. The van der Waals surface area contributed by atoms with Crippen LogP contribution in [0.15, 0.2) is 28.5 Å². The lowest BCUT2D eigenvalue weighted by atomic mass is 10.2. The summed E-state index contributed by atoms with van der Waals surface area (Å²) in [7, 11) is -2.58. The third-order valence-electron chi connectivity index (χ3n) is 7.03. The monoisotopic (exact) mass is 435 g/mol. The van der Waals surface area contributed by atoms with Crippen LogP contribution in [0.2, 0.25) is 36.3 Å². The zero-order valence-electron chi connectivity index (χ0n) is 21.0. The Balaban J connectivity index is 4.31. The van der Waals surface area contributed by atoms with E-state index in [9.17, 15) is 0 Å². The van der Waals surface area contributed by atoms with Gasteiger partial charge in [0.15, 0.2) is 0 Å². The van der Waals surface area contributed by atoms with Crippen LogP contribution < -0.4 is 0 Å². The number of nitrogens with zero attached hydrogens (tertiary/aromatic N) is 1. The van der Waals surface area contributed by atoms with E-state index in [0.29, 0.717) is 0 Å². The first-order valence-corrected chi connectivity index (χ1v) is 17.9. The fourth-order valence-electron chi connectivity index (χ4n) is 5.21. The first-order chi connectivity index (χ1) is 13.8. The number of unbranched alkanes of at least 4 members (excludes halogenated alkanes) is 3. The van der Waals surface area contributed by atoms with E-state index in [-0.39, 0.29) is 0 Å². The van der Waals surface area contributed by atoms with Gasteiger partial charge in [-0.05, 0) is 32.5 Å². The van der Waals surface area contributed by atoms with Crippen molar-refractivity contribution < 1.29 is 0 Å². The number of hydrogen-bond acceptors (Lipinski definition) is 1. The molecule has 0 spiro atoms. The minimum absolute atomic E-state index is 1.02. The smallest absolute Gasteiger partial charge is 0.0856 e. The van der Waals surface area contributed by atoms with Crippen molar-refractivity contribution in [2.45, 2.75) is 129 Å². The molecule has 0 unspecified atom stereocenters. The second-order valence-electron chi connectivity index (χ2n) is 9.58. The third kappa shape index (κ3) is 10.4. The molecule has 0 aromatic carbocycles. The van der Waals surface area contributed by atoms with Gasteiger partial charge in [-0.25, -0.2) is 0 Å². The van der Waals surface area contributed by atoms with Crippen molar-refractivity contribution in [3.05, 3.63) is 23.6 Å². The highest BCUT2D eigenvalue weighted by atomic mass is 28.3. The molecule has 170 valence electrons. The zero-order chi connectivity index (χ0) is 22.2. The predicted molar refractivity (Wildman–Crippen MR) is 143 cm³/mol. The third-order valence-corrected chi connectivity index (χ3v) is 18.8. The Labute approximate surface area is 186 Å². The summed E-state index contributed by atoms with van der Waals surface area (Å²) < 4.78 is 0. The molecule has 3 heteroatoms. The van der Waals surface area contributed by atoms with E-state index in [1.807, 2.05) is 0 Å². The Kier molecular flexibility index (Phi) is 16.1. The number of aliphatic imine (C=N–C) groups is 1. The lowest BCUT2D eigenvalue weighted by Gasteiger charge is -2.32. The van der Waals surface area contributed by atoms with Gasteiger partial charge in [0.05, 0.1) is 16.1 Å². The van der Waals surface area contributed by atoms with Crippen LogP contribution >= 0.6 is 0 Å². The molecule has 0 N–H and O–H groups in total. The minimum atomic E-state index is -1.35. The van der Waals surface area contributed by atoms with Crippen LogP contribution in [0, 0.1) is 0 Å². The van der Waals surface area contributed by atoms with E-state index in [1.165, 1.54) is 92.8 Å². The summed E-state index contributed by atoms with van der Waals surface area (Å²) in [5.41, 5.74) is 0. The van der Waals surface area contributed by atoms with Gasteiger partial charge in [0.25, 0.3) is 0 Å². The van der Waals surface area contributed by atoms with E-state index < -0.39 is 16.1 Å². The largest absolute Gasteiger partial charge is 0.298 e. The van der Waals surface area contributed by atoms with Gasteiger partial charge in [0, 0.05) is 6.54 Å². The quantitative estimate of drug-likeness (QED) is 0.109. The molecular formula is C26H53NSi2. The molecule has 0 radical (unpaired) electrons. The van der Waals surface area contributed by atoms with Crippen LogP contribution in [0.5, 0.6) is 0 Å². The normalized spacial score (nSPS) is 12.6. The minimum Gasteiger partial charge on any atom is -0.298 e. The number of rotatable bonds is 19. The molecule has 0 rings (SSSR count). The fourth-order valence-corrected chi connectivity index (χ4v) is 14.3. The van der Waals surface area contributed by atoms with E-state index in [4.69, 9.17) is 4.99 Å². The maximum atomic E-state index is 4.80. The number of hydrogen-bond donors (Lipinski definition) is 0. The highest BCUT2D eigenvalue weighted by molar-refractivity contribution is 6.88. The summed E-state index contributed by atoms with van der Waals surface area (Å²) in [5.74, 6) is 0. The molecule has 0 saturated heterocycles. The predicted octanol–water partition coefficient (Wildman–Crippen LogP) is 9.39. The van der Waals surface area contributed by atoms with E-state index in [2.05, 4.69) is 60.9 Å². The molecule has 0 saturated carbocycles. The van der Waals surface area contributed by atoms with E-state index >= 15 is 0 Å². The lowest BCUT2D eigenvalue weighted by molar-refractivity contribution is 0.669. The molecule has 0 heterocycles. The van der Waals surface area contributed by atoms with Crippen molar-refractivity contribution in [2.24, 2.45) is 4.99 Å². The maximum absolute atomic E-state index is 4.80. The lowest BCUT2D eigenvalue weighted by Crippen LogP contribution is -2.35. The van der Waals surface area contributed by atoms with Gasteiger partial charge in [-0.3, -0.25) is 4.99 Å². The van der Waals surface area contributed by atoms with Crippen LogP contribution in [0.1, 0.15) is 92.9 Å². The van der Waals surface area contributed by atoms with Gasteiger partial charge < -0.3 is 0 Å². The Morgan fingerprint density at radius 1 is 0.655 bits per heavy atom. The van der Waals surface area contributed by atoms with Crippen molar-refractivity contribution >= 4 is 22.4 Å². The molecule has 0 fully saturated rings. The highest BCUT2D eigenvalue weighted by Crippen LogP contribution is 2.33. The van der Waals surface area contributed by atoms with Crippen molar-refractivity contribution in [1.82, 2.24) is 0 Å². The molecule has 0 aliphatic rings. The van der Waals surface area contributed by atoms with Gasteiger partial charge in [0.2, 0.25) is 0 Å². The Morgan fingerprint density at radius 2 is 1.10 bits per heavy atom. The average Bonchev–Trinajstić information content (AvgIpc) is 2.66. The van der Waals surface area contributed by atoms with Crippen LogP contribution in [0.4, 0.5) is 0 Å². The van der Waals surface area contributed by atoms with Gasteiger partial charge in [-0.1, -0.05) is 113 Å². The van der Waals surface area contributed by atoms with Gasteiger partial charge >= 0.3 is 0 Å². The molecule has 0 aromatic heterocycles. The van der Waals surface area contributed by atoms with E-state index in [0.717, 1.165) is 6.54 Å². The summed E-state index contributed by atoms with van der Waals surface area (Å²) >= 11 is 0. The van der Waals surface area contributed by atoms with Crippen LogP contribution in [0.25, 0.3) is 0 Å². The molecule has 0 amide bonds. The number of allylic oxidation sites excluding steroid dienone is 2. The molecule has 0 aliphatic heterocycles. The summed E-state index contributed by atoms with van der Waals surface area (Å²) in [6, 6.07) is 8.34. The molecule has 0 aliphatic carbocycles. The topological polar surface area (TPSA) is 12.4 Å². The SMILES string of the molecule is C=C(C)[Si](CC=NCCCCCC[Si](CCC)(CCC)C(=C)C)(CCC)CCC. The summed E-state index contributed by atoms with van der Waals surface area (Å²) in [4.78, 5) is 4.80. The van der Waals surface area contributed by atoms with Crippen molar-refractivity contribution in [3.63, 3.8) is 0 Å². The van der Waals surface area contributed by atoms with Crippen LogP contribution in [-0.2, 0) is 0 Å². The van der Waals surface area contributed by atoms with Gasteiger partial charge in [0.1, 0.15) is 0 Å². The van der Waals surface area contributed by atoms with Gasteiger partial charge in [-0.2, -0.15) is 0 Å². The van der Waals surface area contributed by atoms with Crippen LogP contribution in [-0.4, -0.2) is 28.9 Å². The molecule has 0 aromatic rings. The molecule has 1 nitrogen and oxygen atoms in total. The second kappa shape index (κ2) is 16.3. The van der Waals surface area contributed by atoms with E-state index in [1.54, 1.807) is 5.20 Å². The van der Waals surface area contributed by atoms with Crippen LogP contribution in [0.3, 0.4) is 0 Å². The summed E-state index contributed by atoms with van der Waals surface area (Å²) in [6.07, 6.45) is 12.9. The Morgan fingerprint density at radius 3 is 1.55 bits per heavy atom. The van der Waals surface area contributed by atoms with Gasteiger partial charge in [-0.15, -0.1) is 13.2 Å². The maximum Gasteiger partial charge on any atom is 0.0856 e. The Bertz CT molecular complexity index is 469. The molecular weight excluding hydrogens is 382 g/mol. The first kappa shape index (κ1) is 28.6. The standard InChI is InChI=1S/C26H53NSi2/c1-9-19-28(20-10-2,25(5)6)23-16-14-13-15-17-27-18-24-29(21-11-3,22-12-4)26(7)8/h18H,5,7,9-17,19-24H2,1-4,6,8H3. The Hall–Kier alpha value is -0.416. The molecule has 29 heavy (non-hydrogen) atoms. The summed E-state index contributed by atoms with van der Waals surface area (Å²) in [6.45, 7) is 23.7. The average molecular weight is 436 g/mol. The van der Waals surface area contributed by atoms with Crippen molar-refractivity contribution in [2.75, 3.05) is 6.54 Å².